The predicted molar refractivity (Wildman–Crippen MR) is 116 cm³/mol. The van der Waals surface area contributed by atoms with Gasteiger partial charge in [-0.2, -0.15) is 9.78 Å². The lowest BCUT2D eigenvalue weighted by Gasteiger charge is -2.10. The molecule has 0 aliphatic heterocycles. The van der Waals surface area contributed by atoms with E-state index in [0.29, 0.717) is 22.5 Å². The Kier molecular flexibility index (Phi) is 5.94. The molecule has 158 valence electrons. The molecule has 0 radical (unpaired) electrons. The first-order valence-corrected chi connectivity index (χ1v) is 10.4. The number of anilines is 1. The number of nitrogens with one attached hydrogen (secondary N) is 1. The van der Waals surface area contributed by atoms with Crippen LogP contribution in [0.5, 0.6) is 5.88 Å². The van der Waals surface area contributed by atoms with Gasteiger partial charge in [0, 0.05) is 12.1 Å². The average Bonchev–Trinajstić information content (AvgIpc) is 3.44. The average molecular weight is 437 g/mol. The number of aromatic nitrogens is 7. The van der Waals surface area contributed by atoms with Crippen LogP contribution in [0.15, 0.2) is 53.9 Å². The number of nitrogens with zero attached hydrogens (tertiary/aromatic N) is 7. The summed E-state index contributed by atoms with van der Waals surface area (Å²) in [5.74, 6) is 0.965. The number of ether oxygens (including phenoxy) is 1. The molecule has 4 rings (SSSR count). The highest BCUT2D eigenvalue weighted by molar-refractivity contribution is 7.99. The lowest BCUT2D eigenvalue weighted by atomic mass is 10.1. The number of aryl methyl sites for hydroxylation is 1. The maximum absolute atomic E-state index is 12.6. The minimum atomic E-state index is -0.205. The van der Waals surface area contributed by atoms with E-state index < -0.39 is 0 Å². The van der Waals surface area contributed by atoms with Crippen LogP contribution in [-0.4, -0.2) is 53.7 Å². The fourth-order valence-corrected chi connectivity index (χ4v) is 3.60. The number of carbonyl (C=O) groups is 1. The quantitative estimate of drug-likeness (QED) is 0.440. The van der Waals surface area contributed by atoms with E-state index in [2.05, 4.69) is 30.9 Å². The van der Waals surface area contributed by atoms with Gasteiger partial charge in [0.05, 0.1) is 36.6 Å². The molecule has 0 aliphatic carbocycles. The molecule has 1 N–H and O–H groups in total. The molecule has 1 aromatic carbocycles. The van der Waals surface area contributed by atoms with Gasteiger partial charge >= 0.3 is 0 Å². The molecule has 1 amide bonds. The van der Waals surface area contributed by atoms with Gasteiger partial charge in [0.15, 0.2) is 0 Å². The number of thioether (sulfide) groups is 1. The van der Waals surface area contributed by atoms with Crippen LogP contribution in [0, 0.1) is 13.8 Å². The minimum Gasteiger partial charge on any atom is -0.481 e. The standard InChI is InChI=1S/C20H20N8O2S/c1-13-5-4-6-16(14(13)2)28-20(24-25-26-28)31-12-18(29)23-17-9-10-22-27(17)15-7-8-19(30-3)21-11-15/h4-11H,12H2,1-3H3,(H,23,29). The van der Waals surface area contributed by atoms with Gasteiger partial charge in [0.25, 0.3) is 0 Å². The SMILES string of the molecule is COc1ccc(-n2nccc2NC(=O)CSc2nnnn2-c2cccc(C)c2C)cn1. The van der Waals surface area contributed by atoms with E-state index in [1.54, 1.807) is 41.0 Å². The molecular weight excluding hydrogens is 416 g/mol. The number of pyridine rings is 1. The smallest absolute Gasteiger partial charge is 0.236 e. The van der Waals surface area contributed by atoms with Gasteiger partial charge in [0.2, 0.25) is 16.9 Å². The Morgan fingerprint density at radius 3 is 2.81 bits per heavy atom. The first-order valence-electron chi connectivity index (χ1n) is 9.39. The molecule has 31 heavy (non-hydrogen) atoms. The van der Waals surface area contributed by atoms with Crippen molar-refractivity contribution < 1.29 is 9.53 Å². The third kappa shape index (κ3) is 4.40. The molecule has 11 heteroatoms. The fourth-order valence-electron chi connectivity index (χ4n) is 2.92. The summed E-state index contributed by atoms with van der Waals surface area (Å²) >= 11 is 1.26. The van der Waals surface area contributed by atoms with Gasteiger partial charge in [-0.05, 0) is 47.5 Å². The molecule has 0 aliphatic rings. The highest BCUT2D eigenvalue weighted by atomic mass is 32.2. The summed E-state index contributed by atoms with van der Waals surface area (Å²) < 4.78 is 8.31. The molecule has 0 bridgehead atoms. The van der Waals surface area contributed by atoms with Crippen LogP contribution in [0.2, 0.25) is 0 Å². The van der Waals surface area contributed by atoms with Gasteiger partial charge in [0.1, 0.15) is 5.82 Å². The van der Waals surface area contributed by atoms with Crippen LogP contribution in [0.4, 0.5) is 5.82 Å². The van der Waals surface area contributed by atoms with E-state index in [1.165, 1.54) is 11.8 Å². The molecule has 10 nitrogen and oxygen atoms in total. The van der Waals surface area contributed by atoms with Gasteiger partial charge in [-0.25, -0.2) is 9.67 Å². The van der Waals surface area contributed by atoms with Gasteiger partial charge in [-0.1, -0.05) is 23.9 Å². The zero-order valence-corrected chi connectivity index (χ0v) is 18.0. The van der Waals surface area contributed by atoms with Crippen molar-refractivity contribution in [2.45, 2.75) is 19.0 Å². The highest BCUT2D eigenvalue weighted by Crippen LogP contribution is 2.23. The fraction of sp³-hybridized carbons (Fsp3) is 0.200. The lowest BCUT2D eigenvalue weighted by Crippen LogP contribution is -2.17. The second-order valence-corrected chi connectivity index (χ2v) is 7.56. The zero-order valence-electron chi connectivity index (χ0n) is 17.2. The Bertz CT molecular complexity index is 1200. The zero-order chi connectivity index (χ0) is 21.8. The van der Waals surface area contributed by atoms with Gasteiger partial charge < -0.3 is 10.1 Å². The van der Waals surface area contributed by atoms with Crippen molar-refractivity contribution in [2.75, 3.05) is 18.2 Å². The summed E-state index contributed by atoms with van der Waals surface area (Å²) in [6.07, 6.45) is 3.22. The molecule has 0 saturated carbocycles. The van der Waals surface area contributed by atoms with Crippen molar-refractivity contribution >= 4 is 23.5 Å². The molecular formula is C20H20N8O2S. The summed E-state index contributed by atoms with van der Waals surface area (Å²) in [7, 11) is 1.55. The topological polar surface area (TPSA) is 113 Å². The molecule has 0 spiro atoms. The van der Waals surface area contributed by atoms with Crippen LogP contribution in [0.25, 0.3) is 11.4 Å². The molecule has 0 atom stereocenters. The Balaban J connectivity index is 1.44. The van der Waals surface area contributed by atoms with Crippen LogP contribution in [-0.2, 0) is 4.79 Å². The third-order valence-corrected chi connectivity index (χ3v) is 5.58. The highest BCUT2D eigenvalue weighted by Gasteiger charge is 2.15. The Morgan fingerprint density at radius 1 is 1.16 bits per heavy atom. The van der Waals surface area contributed by atoms with Crippen molar-refractivity contribution in [2.24, 2.45) is 0 Å². The van der Waals surface area contributed by atoms with Crippen molar-refractivity contribution in [3.8, 4) is 17.3 Å². The minimum absolute atomic E-state index is 0.136. The molecule has 3 heterocycles. The van der Waals surface area contributed by atoms with Crippen LogP contribution < -0.4 is 10.1 Å². The number of hydrogen-bond donors (Lipinski definition) is 1. The second kappa shape index (κ2) is 8.96. The number of tetrazole rings is 1. The molecule has 0 saturated heterocycles. The van der Waals surface area contributed by atoms with Crippen LogP contribution in [0.3, 0.4) is 0 Å². The predicted octanol–water partition coefficient (Wildman–Crippen LogP) is 2.60. The second-order valence-electron chi connectivity index (χ2n) is 6.62. The van der Waals surface area contributed by atoms with E-state index in [1.807, 2.05) is 38.1 Å². The lowest BCUT2D eigenvalue weighted by molar-refractivity contribution is -0.113. The number of amides is 1. The normalized spacial score (nSPS) is 10.8. The Labute approximate surface area is 182 Å². The number of rotatable bonds is 7. The van der Waals surface area contributed by atoms with Crippen molar-refractivity contribution in [3.05, 3.63) is 59.9 Å². The molecule has 4 aromatic rings. The maximum Gasteiger partial charge on any atom is 0.236 e. The van der Waals surface area contributed by atoms with Gasteiger partial charge in [-0.15, -0.1) is 5.10 Å². The number of benzene rings is 1. The summed E-state index contributed by atoms with van der Waals surface area (Å²) in [6.45, 7) is 4.05. The summed E-state index contributed by atoms with van der Waals surface area (Å²) in [5, 5.41) is 19.6. The number of hydrogen-bond acceptors (Lipinski definition) is 8. The van der Waals surface area contributed by atoms with E-state index >= 15 is 0 Å². The summed E-state index contributed by atoms with van der Waals surface area (Å²) in [6, 6.07) is 11.2. The largest absolute Gasteiger partial charge is 0.481 e. The first kappa shape index (κ1) is 20.5. The van der Waals surface area contributed by atoms with E-state index in [0.717, 1.165) is 16.8 Å². The summed E-state index contributed by atoms with van der Waals surface area (Å²) in [4.78, 5) is 16.7. The van der Waals surface area contributed by atoms with E-state index in [4.69, 9.17) is 4.74 Å². The Morgan fingerprint density at radius 2 is 2.03 bits per heavy atom. The first-order chi connectivity index (χ1) is 15.1. The van der Waals surface area contributed by atoms with Gasteiger partial charge in [-0.3, -0.25) is 4.79 Å². The monoisotopic (exact) mass is 436 g/mol. The van der Waals surface area contributed by atoms with Crippen molar-refractivity contribution in [3.63, 3.8) is 0 Å². The van der Waals surface area contributed by atoms with Crippen LogP contribution >= 0.6 is 11.8 Å². The Hall–Kier alpha value is -3.73. The maximum atomic E-state index is 12.6. The number of carbonyl (C=O) groups excluding carboxylic acids is 1. The molecule has 0 fully saturated rings. The van der Waals surface area contributed by atoms with Crippen molar-refractivity contribution in [1.29, 1.82) is 0 Å². The van der Waals surface area contributed by atoms with E-state index in [9.17, 15) is 4.79 Å². The van der Waals surface area contributed by atoms with Crippen LogP contribution in [0.1, 0.15) is 11.1 Å². The molecule has 3 aromatic heterocycles. The van der Waals surface area contributed by atoms with E-state index in [-0.39, 0.29) is 11.7 Å². The number of methoxy groups -OCH3 is 1. The third-order valence-electron chi connectivity index (χ3n) is 4.66. The summed E-state index contributed by atoms with van der Waals surface area (Å²) in [5.41, 5.74) is 3.81. The van der Waals surface area contributed by atoms with Crippen molar-refractivity contribution in [1.82, 2.24) is 35.0 Å². The molecule has 0 unspecified atom stereocenters.